The van der Waals surface area contributed by atoms with Crippen LogP contribution in [0.1, 0.15) is 48.6 Å². The van der Waals surface area contributed by atoms with Crippen molar-refractivity contribution in [3.8, 4) is 6.07 Å². The number of nitrogens with one attached hydrogen (secondary N) is 1. The molecule has 0 bridgehead atoms. The predicted octanol–water partition coefficient (Wildman–Crippen LogP) is 3.63. The second-order valence-electron chi connectivity index (χ2n) is 6.89. The number of hydrogen-bond donors (Lipinski definition) is 3. The number of nitrogens with two attached hydrogens (primary N) is 1. The Morgan fingerprint density at radius 3 is 2.79 bits per heavy atom. The number of aliphatic hydroxyl groups excluding tert-OH is 1. The van der Waals surface area contributed by atoms with Crippen molar-refractivity contribution < 1.29 is 9.84 Å². The van der Waals surface area contributed by atoms with E-state index < -0.39 is 6.10 Å². The van der Waals surface area contributed by atoms with Crippen molar-refractivity contribution in [2.24, 2.45) is 0 Å². The number of nitrogen functional groups attached to an aromatic ring is 1. The number of aromatic nitrogens is 1. The molecule has 6 nitrogen and oxygen atoms in total. The average molecular weight is 417 g/mol. The first-order valence-corrected chi connectivity index (χ1v) is 10.3. The third-order valence-corrected chi connectivity index (χ3v) is 4.93. The van der Waals surface area contributed by atoms with E-state index in [9.17, 15) is 5.11 Å². The molecular formula is C22H29ClN4O2. The van der Waals surface area contributed by atoms with Crippen LogP contribution in [-0.4, -0.2) is 36.4 Å². The fourth-order valence-corrected chi connectivity index (χ4v) is 3.14. The maximum atomic E-state index is 10.3. The number of nitriles is 1. The van der Waals surface area contributed by atoms with E-state index in [1.165, 1.54) is 0 Å². The molecule has 1 unspecified atom stereocenters. The van der Waals surface area contributed by atoms with Gasteiger partial charge in [-0.25, -0.2) is 0 Å². The number of halogens is 1. The first-order valence-electron chi connectivity index (χ1n) is 9.97. The van der Waals surface area contributed by atoms with Crippen LogP contribution in [0.25, 0.3) is 0 Å². The van der Waals surface area contributed by atoms with Gasteiger partial charge in [0.25, 0.3) is 0 Å². The molecule has 0 fully saturated rings. The van der Waals surface area contributed by atoms with Crippen LogP contribution >= 0.6 is 11.6 Å². The highest BCUT2D eigenvalue weighted by atomic mass is 35.5. The molecule has 1 aromatic heterocycles. The topological polar surface area (TPSA) is 104 Å². The molecular weight excluding hydrogens is 388 g/mol. The summed E-state index contributed by atoms with van der Waals surface area (Å²) in [7, 11) is 0. The molecule has 0 saturated heterocycles. The van der Waals surface area contributed by atoms with Crippen LogP contribution in [0.5, 0.6) is 0 Å². The minimum atomic E-state index is -0.729. The lowest BCUT2D eigenvalue weighted by Gasteiger charge is -2.14. The van der Waals surface area contributed by atoms with Crippen molar-refractivity contribution in [2.75, 3.05) is 32.0 Å². The van der Waals surface area contributed by atoms with Crippen LogP contribution in [0.4, 0.5) is 5.69 Å². The summed E-state index contributed by atoms with van der Waals surface area (Å²) in [6, 6.07) is 11.1. The van der Waals surface area contributed by atoms with Crippen LogP contribution in [-0.2, 0) is 11.2 Å². The summed E-state index contributed by atoms with van der Waals surface area (Å²) in [4.78, 5) is 4.27. The lowest BCUT2D eigenvalue weighted by atomic mass is 10.0. The number of rotatable bonds is 13. The third kappa shape index (κ3) is 8.38. The van der Waals surface area contributed by atoms with Crippen molar-refractivity contribution >= 4 is 17.3 Å². The Labute approximate surface area is 177 Å². The average Bonchev–Trinajstić information content (AvgIpc) is 2.74. The Morgan fingerprint density at radius 2 is 2.03 bits per heavy atom. The molecule has 1 atom stereocenters. The molecule has 0 aliphatic rings. The molecule has 1 heterocycles. The van der Waals surface area contributed by atoms with E-state index in [-0.39, 0.29) is 11.3 Å². The number of anilines is 1. The predicted molar refractivity (Wildman–Crippen MR) is 116 cm³/mol. The maximum Gasteiger partial charge on any atom is 0.101 e. The molecule has 4 N–H and O–H groups in total. The maximum absolute atomic E-state index is 10.3. The van der Waals surface area contributed by atoms with E-state index in [0.717, 1.165) is 50.9 Å². The molecule has 0 aliphatic carbocycles. The van der Waals surface area contributed by atoms with Gasteiger partial charge in [0.15, 0.2) is 0 Å². The van der Waals surface area contributed by atoms with Gasteiger partial charge in [-0.2, -0.15) is 5.26 Å². The first kappa shape index (κ1) is 23.1. The van der Waals surface area contributed by atoms with Crippen LogP contribution in [0, 0.1) is 11.3 Å². The van der Waals surface area contributed by atoms with Crippen molar-refractivity contribution in [3.63, 3.8) is 0 Å². The van der Waals surface area contributed by atoms with Gasteiger partial charge in [0.1, 0.15) is 6.07 Å². The van der Waals surface area contributed by atoms with Gasteiger partial charge < -0.3 is 20.9 Å². The van der Waals surface area contributed by atoms with E-state index in [4.69, 9.17) is 27.3 Å². The van der Waals surface area contributed by atoms with Gasteiger partial charge in [0, 0.05) is 31.5 Å². The van der Waals surface area contributed by atoms with Gasteiger partial charge in [-0.15, -0.1) is 0 Å². The van der Waals surface area contributed by atoms with Crippen LogP contribution in [0.3, 0.4) is 0 Å². The number of hydrogen-bond acceptors (Lipinski definition) is 6. The zero-order valence-electron chi connectivity index (χ0n) is 16.6. The molecule has 0 spiro atoms. The van der Waals surface area contributed by atoms with Gasteiger partial charge in [-0.1, -0.05) is 30.5 Å². The van der Waals surface area contributed by atoms with E-state index >= 15 is 0 Å². The van der Waals surface area contributed by atoms with Gasteiger partial charge in [-0.05, 0) is 49.2 Å². The lowest BCUT2D eigenvalue weighted by Crippen LogP contribution is -2.22. The zero-order chi connectivity index (χ0) is 20.9. The Balaban J connectivity index is 1.49. The Bertz CT molecular complexity index is 780. The van der Waals surface area contributed by atoms with Crippen molar-refractivity contribution in [1.82, 2.24) is 10.3 Å². The van der Waals surface area contributed by atoms with Crippen molar-refractivity contribution in [3.05, 3.63) is 58.4 Å². The summed E-state index contributed by atoms with van der Waals surface area (Å²) in [5.41, 5.74) is 7.92. The minimum Gasteiger partial charge on any atom is -0.396 e. The highest BCUT2D eigenvalue weighted by Crippen LogP contribution is 2.27. The molecule has 2 aromatic rings. The molecule has 7 heteroatoms. The summed E-state index contributed by atoms with van der Waals surface area (Å²) < 4.78 is 5.65. The summed E-state index contributed by atoms with van der Waals surface area (Å²) in [6.45, 7) is 2.71. The first-order chi connectivity index (χ1) is 14.1. The van der Waals surface area contributed by atoms with E-state index in [1.807, 2.05) is 24.3 Å². The molecule has 0 aliphatic heterocycles. The molecule has 156 valence electrons. The molecule has 29 heavy (non-hydrogen) atoms. The van der Waals surface area contributed by atoms with E-state index in [1.54, 1.807) is 18.3 Å². The number of benzene rings is 1. The van der Waals surface area contributed by atoms with Gasteiger partial charge in [-0.3, -0.25) is 4.98 Å². The van der Waals surface area contributed by atoms with E-state index in [2.05, 4.69) is 10.3 Å². The van der Waals surface area contributed by atoms with Crippen LogP contribution in [0.15, 0.2) is 36.5 Å². The smallest absolute Gasteiger partial charge is 0.101 e. The van der Waals surface area contributed by atoms with E-state index in [0.29, 0.717) is 23.7 Å². The molecule has 0 radical (unpaired) electrons. The second kappa shape index (κ2) is 13.1. The normalized spacial score (nSPS) is 11.9. The third-order valence-electron chi connectivity index (χ3n) is 4.62. The Morgan fingerprint density at radius 1 is 1.21 bits per heavy atom. The van der Waals surface area contributed by atoms with Crippen molar-refractivity contribution in [1.29, 1.82) is 5.26 Å². The molecule has 0 saturated carbocycles. The van der Waals surface area contributed by atoms with Gasteiger partial charge >= 0.3 is 0 Å². The highest BCUT2D eigenvalue weighted by Gasteiger charge is 2.12. The number of nitrogens with zero attached hydrogens (tertiary/aromatic N) is 2. The summed E-state index contributed by atoms with van der Waals surface area (Å²) in [5, 5.41) is 22.9. The fourth-order valence-electron chi connectivity index (χ4n) is 2.91. The Hall–Kier alpha value is -2.17. The lowest BCUT2D eigenvalue weighted by molar-refractivity contribution is 0.132. The standard InChI is InChI=1S/C22H29ClN4O2/c23-20-14-17(13-18(15-24)22(20)25)21(28)16-26-9-4-1-2-6-11-29-12-8-19-7-3-5-10-27-19/h3,5,7,10,13-14,21,26,28H,1-2,4,6,8-9,11-12,16,25H2. The summed E-state index contributed by atoms with van der Waals surface area (Å²) in [6.07, 6.45) is 6.23. The molecule has 2 rings (SSSR count). The SMILES string of the molecule is N#Cc1cc(C(O)CNCCCCCCOCCc2ccccn2)cc(Cl)c1N. The summed E-state index contributed by atoms with van der Waals surface area (Å²) in [5.74, 6) is 0. The van der Waals surface area contributed by atoms with Gasteiger partial charge in [0.2, 0.25) is 0 Å². The molecule has 0 amide bonds. The number of aliphatic hydroxyl groups is 1. The summed E-state index contributed by atoms with van der Waals surface area (Å²) >= 11 is 6.02. The Kier molecular flexibility index (Phi) is 10.5. The van der Waals surface area contributed by atoms with Crippen molar-refractivity contribution in [2.45, 2.75) is 38.2 Å². The largest absolute Gasteiger partial charge is 0.396 e. The number of ether oxygens (including phenoxy) is 1. The number of pyridine rings is 1. The quantitative estimate of drug-likeness (QED) is 0.340. The number of unbranched alkanes of at least 4 members (excludes halogenated alkanes) is 3. The van der Waals surface area contributed by atoms with Crippen LogP contribution in [0.2, 0.25) is 5.02 Å². The second-order valence-corrected chi connectivity index (χ2v) is 7.30. The molecule has 1 aromatic carbocycles. The van der Waals surface area contributed by atoms with Crippen LogP contribution < -0.4 is 11.1 Å². The fraction of sp³-hybridized carbons (Fsp3) is 0.455. The minimum absolute atomic E-state index is 0.249. The zero-order valence-corrected chi connectivity index (χ0v) is 17.4. The van der Waals surface area contributed by atoms with Gasteiger partial charge in [0.05, 0.1) is 29.0 Å². The monoisotopic (exact) mass is 416 g/mol. The highest BCUT2D eigenvalue weighted by molar-refractivity contribution is 6.33.